The highest BCUT2D eigenvalue weighted by atomic mass is 35.5. The average Bonchev–Trinajstić information content (AvgIpc) is 2.98. The Morgan fingerprint density at radius 3 is 2.73 bits per heavy atom. The van der Waals surface area contributed by atoms with Gasteiger partial charge in [0.1, 0.15) is 0 Å². The second kappa shape index (κ2) is 6.06. The van der Waals surface area contributed by atoms with Crippen LogP contribution in [0.2, 0.25) is 5.02 Å². The van der Waals surface area contributed by atoms with Crippen LogP contribution in [0.5, 0.6) is 0 Å². The van der Waals surface area contributed by atoms with Crippen LogP contribution in [0.1, 0.15) is 22.6 Å². The van der Waals surface area contributed by atoms with E-state index in [1.54, 1.807) is 15.9 Å². The zero-order valence-electron chi connectivity index (χ0n) is 12.3. The minimum atomic E-state index is -0.0948. The first-order chi connectivity index (χ1) is 10.5. The summed E-state index contributed by atoms with van der Waals surface area (Å²) in [6.45, 7) is 4.01. The topological polar surface area (TPSA) is 59.3 Å². The first kappa shape index (κ1) is 15.0. The number of hydrogen-bond acceptors (Lipinski definition) is 4. The van der Waals surface area contributed by atoms with Gasteiger partial charge in [-0.3, -0.25) is 10.1 Å². The van der Waals surface area contributed by atoms with E-state index in [2.05, 4.69) is 15.4 Å². The van der Waals surface area contributed by atoms with E-state index in [-0.39, 0.29) is 5.91 Å². The molecule has 0 aliphatic heterocycles. The van der Waals surface area contributed by atoms with Gasteiger partial charge in [-0.15, -0.1) is 5.10 Å². The Morgan fingerprint density at radius 2 is 2.05 bits per heavy atom. The van der Waals surface area contributed by atoms with Crippen molar-refractivity contribution in [3.05, 3.63) is 45.4 Å². The number of fused-ring (bicyclic) bond motifs is 1. The summed E-state index contributed by atoms with van der Waals surface area (Å²) < 4.78 is 1.76. The van der Waals surface area contributed by atoms with Gasteiger partial charge < -0.3 is 0 Å². The summed E-state index contributed by atoms with van der Waals surface area (Å²) >= 11 is 7.40. The van der Waals surface area contributed by atoms with Gasteiger partial charge >= 0.3 is 0 Å². The molecule has 2 heterocycles. The fourth-order valence-electron chi connectivity index (χ4n) is 2.09. The molecule has 0 radical (unpaired) electrons. The molecule has 1 amide bonds. The van der Waals surface area contributed by atoms with Gasteiger partial charge in [0.05, 0.1) is 5.69 Å². The Hall–Kier alpha value is -1.92. The van der Waals surface area contributed by atoms with Crippen molar-refractivity contribution in [2.24, 2.45) is 0 Å². The SMILES string of the molecule is Cc1sc2nc(NC(=O)CCc3ccc(Cl)cc3)nn2c1C. The highest BCUT2D eigenvalue weighted by molar-refractivity contribution is 7.17. The number of rotatable bonds is 4. The predicted molar refractivity (Wildman–Crippen MR) is 88.7 cm³/mol. The van der Waals surface area contributed by atoms with E-state index in [0.717, 1.165) is 16.2 Å². The number of halogens is 1. The fraction of sp³-hybridized carbons (Fsp3) is 0.267. The van der Waals surface area contributed by atoms with E-state index in [1.807, 2.05) is 38.1 Å². The number of thiazole rings is 1. The number of aromatic nitrogens is 3. The molecule has 0 atom stereocenters. The highest BCUT2D eigenvalue weighted by Gasteiger charge is 2.12. The molecule has 1 N–H and O–H groups in total. The largest absolute Gasteiger partial charge is 0.293 e. The van der Waals surface area contributed by atoms with Gasteiger partial charge in [-0.2, -0.15) is 4.98 Å². The van der Waals surface area contributed by atoms with E-state index < -0.39 is 0 Å². The summed E-state index contributed by atoms with van der Waals surface area (Å²) in [5.74, 6) is 0.262. The number of hydrogen-bond donors (Lipinski definition) is 1. The minimum Gasteiger partial charge on any atom is -0.293 e. The number of nitrogens with zero attached hydrogens (tertiary/aromatic N) is 3. The van der Waals surface area contributed by atoms with E-state index in [9.17, 15) is 4.79 Å². The van der Waals surface area contributed by atoms with Gasteiger partial charge in [0.25, 0.3) is 0 Å². The van der Waals surface area contributed by atoms with E-state index >= 15 is 0 Å². The lowest BCUT2D eigenvalue weighted by Crippen LogP contribution is -2.13. The van der Waals surface area contributed by atoms with Crippen LogP contribution in [0.15, 0.2) is 24.3 Å². The van der Waals surface area contributed by atoms with Crippen LogP contribution in [0.25, 0.3) is 4.96 Å². The second-order valence-corrected chi connectivity index (χ2v) is 6.67. The Balaban J connectivity index is 1.61. The molecule has 0 aliphatic rings. The van der Waals surface area contributed by atoms with Crippen molar-refractivity contribution in [1.82, 2.24) is 14.6 Å². The summed E-state index contributed by atoms with van der Waals surface area (Å²) in [4.78, 5) is 18.3. The van der Waals surface area contributed by atoms with Crippen molar-refractivity contribution in [3.8, 4) is 0 Å². The van der Waals surface area contributed by atoms with Crippen LogP contribution in [0, 0.1) is 13.8 Å². The molecule has 22 heavy (non-hydrogen) atoms. The third-order valence-corrected chi connectivity index (χ3v) is 4.75. The van der Waals surface area contributed by atoms with Crippen LogP contribution in [0.4, 0.5) is 5.95 Å². The standard InChI is InChI=1S/C15H15ClN4OS/c1-9-10(2)22-15-18-14(19-20(9)15)17-13(21)8-5-11-3-6-12(16)7-4-11/h3-4,6-7H,5,8H2,1-2H3,(H,17,19,21). The van der Waals surface area contributed by atoms with Crippen molar-refractivity contribution in [3.63, 3.8) is 0 Å². The van der Waals surface area contributed by atoms with Crippen molar-refractivity contribution in [1.29, 1.82) is 0 Å². The van der Waals surface area contributed by atoms with Gasteiger partial charge in [0.15, 0.2) is 0 Å². The fourth-order valence-corrected chi connectivity index (χ4v) is 3.12. The van der Waals surface area contributed by atoms with Crippen LogP contribution >= 0.6 is 22.9 Å². The Morgan fingerprint density at radius 1 is 1.32 bits per heavy atom. The summed E-state index contributed by atoms with van der Waals surface area (Å²) in [5.41, 5.74) is 2.12. The minimum absolute atomic E-state index is 0.0948. The molecular formula is C15H15ClN4OS. The maximum absolute atomic E-state index is 12.0. The smallest absolute Gasteiger partial charge is 0.250 e. The molecular weight excluding hydrogens is 320 g/mol. The third kappa shape index (κ3) is 3.13. The number of benzene rings is 1. The number of amides is 1. The average molecular weight is 335 g/mol. The summed E-state index contributed by atoms with van der Waals surface area (Å²) in [6, 6.07) is 7.50. The normalized spacial score (nSPS) is 11.0. The van der Waals surface area contributed by atoms with Crippen LogP contribution < -0.4 is 5.32 Å². The summed E-state index contributed by atoms with van der Waals surface area (Å²) in [7, 11) is 0. The van der Waals surface area contributed by atoms with E-state index in [1.165, 1.54) is 4.88 Å². The van der Waals surface area contributed by atoms with Crippen LogP contribution in [-0.2, 0) is 11.2 Å². The lowest BCUT2D eigenvalue weighted by Gasteiger charge is -2.02. The van der Waals surface area contributed by atoms with Crippen molar-refractivity contribution >= 4 is 39.8 Å². The number of aryl methyl sites for hydroxylation is 3. The number of carbonyl (C=O) groups is 1. The zero-order valence-corrected chi connectivity index (χ0v) is 13.8. The zero-order chi connectivity index (χ0) is 15.7. The number of nitrogens with one attached hydrogen (secondary N) is 1. The molecule has 3 aromatic rings. The van der Waals surface area contributed by atoms with Crippen LogP contribution in [0.3, 0.4) is 0 Å². The molecule has 0 spiro atoms. The molecule has 114 valence electrons. The van der Waals surface area contributed by atoms with E-state index in [0.29, 0.717) is 23.8 Å². The van der Waals surface area contributed by atoms with Gasteiger partial charge in [0.2, 0.25) is 16.8 Å². The van der Waals surface area contributed by atoms with Crippen molar-refractivity contribution in [2.75, 3.05) is 5.32 Å². The lowest BCUT2D eigenvalue weighted by molar-refractivity contribution is -0.116. The molecule has 0 saturated heterocycles. The molecule has 0 fully saturated rings. The Bertz CT molecular complexity index is 822. The maximum Gasteiger partial charge on any atom is 0.250 e. The summed E-state index contributed by atoms with van der Waals surface area (Å²) in [5, 5.41) is 7.75. The molecule has 1 aromatic carbocycles. The molecule has 3 rings (SSSR count). The van der Waals surface area contributed by atoms with Gasteiger partial charge in [-0.1, -0.05) is 35.1 Å². The quantitative estimate of drug-likeness (QED) is 0.792. The molecule has 5 nitrogen and oxygen atoms in total. The van der Waals surface area contributed by atoms with Gasteiger partial charge in [-0.25, -0.2) is 4.52 Å². The molecule has 0 unspecified atom stereocenters. The Kier molecular flexibility index (Phi) is 4.13. The van der Waals surface area contributed by atoms with Crippen molar-refractivity contribution in [2.45, 2.75) is 26.7 Å². The molecule has 0 bridgehead atoms. The van der Waals surface area contributed by atoms with Gasteiger partial charge in [-0.05, 0) is 38.0 Å². The van der Waals surface area contributed by atoms with E-state index in [4.69, 9.17) is 11.6 Å². The lowest BCUT2D eigenvalue weighted by atomic mass is 10.1. The number of anilines is 1. The highest BCUT2D eigenvalue weighted by Crippen LogP contribution is 2.21. The predicted octanol–water partition coefficient (Wildman–Crippen LogP) is 3.63. The molecule has 2 aromatic heterocycles. The monoisotopic (exact) mass is 334 g/mol. The van der Waals surface area contributed by atoms with Crippen LogP contribution in [-0.4, -0.2) is 20.5 Å². The number of carbonyl (C=O) groups excluding carboxylic acids is 1. The van der Waals surface area contributed by atoms with Crippen molar-refractivity contribution < 1.29 is 4.79 Å². The summed E-state index contributed by atoms with van der Waals surface area (Å²) in [6.07, 6.45) is 1.04. The molecule has 7 heteroatoms. The first-order valence-electron chi connectivity index (χ1n) is 6.90. The maximum atomic E-state index is 12.0. The second-order valence-electron chi connectivity index (χ2n) is 5.05. The molecule has 0 saturated carbocycles. The molecule has 0 aliphatic carbocycles. The first-order valence-corrected chi connectivity index (χ1v) is 8.09. The third-order valence-electron chi connectivity index (χ3n) is 3.45. The van der Waals surface area contributed by atoms with Gasteiger partial charge in [0, 0.05) is 16.3 Å². The Labute approximate surface area is 136 Å².